The van der Waals surface area contributed by atoms with Gasteiger partial charge in [-0.05, 0) is 188 Å². The number of piperidine rings is 5. The third kappa shape index (κ3) is 32.8. The van der Waals surface area contributed by atoms with Crippen molar-refractivity contribution in [3.8, 4) is 28.4 Å². The summed E-state index contributed by atoms with van der Waals surface area (Å²) in [5.41, 5.74) is 15.2. The average Bonchev–Trinajstić information content (AvgIpc) is 0.936. The van der Waals surface area contributed by atoms with E-state index in [1.54, 1.807) is 82.5 Å². The summed E-state index contributed by atoms with van der Waals surface area (Å²) in [4.78, 5) is 124. The summed E-state index contributed by atoms with van der Waals surface area (Å²) in [6, 6.07) is 94.9. The van der Waals surface area contributed by atoms with Gasteiger partial charge in [0.25, 0.3) is 5.91 Å². The van der Waals surface area contributed by atoms with Crippen LogP contribution in [0.4, 0.5) is 29.7 Å². The Morgan fingerprint density at radius 1 is 0.329 bits per heavy atom. The number of ether oxygens (including phenoxy) is 8. The van der Waals surface area contributed by atoms with Gasteiger partial charge in [0.15, 0.2) is 6.40 Å². The number of carbonyl (C=O) groups excluding carboxylic acids is 7. The van der Waals surface area contributed by atoms with E-state index in [4.69, 9.17) is 42.9 Å². The van der Waals surface area contributed by atoms with Crippen LogP contribution in [0.1, 0.15) is 172 Å². The summed E-state index contributed by atoms with van der Waals surface area (Å²) in [6.45, 7) is 10.2. The fourth-order valence-electron chi connectivity index (χ4n) is 17.3. The Hall–Kier alpha value is -15.9. The van der Waals surface area contributed by atoms with E-state index < -0.39 is 0 Å². The van der Waals surface area contributed by atoms with Crippen molar-refractivity contribution in [3.05, 3.63) is 401 Å². The van der Waals surface area contributed by atoms with Gasteiger partial charge in [0, 0.05) is 162 Å². The summed E-state index contributed by atoms with van der Waals surface area (Å²) in [6.07, 6.45) is 18.8. The number of aliphatic imine (C=N–C) groups is 1. The fraction of sp³-hybridized carbons (Fsp3) is 0.302. The first-order valence-electron chi connectivity index (χ1n) is 48.8. The van der Waals surface area contributed by atoms with Crippen LogP contribution in [0.3, 0.4) is 0 Å². The number of benzene rings is 8. The molecule has 18 rings (SSSR count). The van der Waals surface area contributed by atoms with Crippen molar-refractivity contribution in [2.45, 2.75) is 140 Å². The quantitative estimate of drug-likeness (QED) is 0.0178. The molecule has 5 saturated heterocycles. The van der Waals surface area contributed by atoms with Crippen LogP contribution in [-0.4, -0.2) is 190 Å². The van der Waals surface area contributed by atoms with E-state index in [2.05, 4.69) is 37.1 Å². The Morgan fingerprint density at radius 2 is 0.643 bits per heavy atom. The van der Waals surface area contributed by atoms with Crippen LogP contribution >= 0.6 is 0 Å². The molecule has 5 aliphatic heterocycles. The van der Waals surface area contributed by atoms with Crippen molar-refractivity contribution in [2.75, 3.05) is 86.7 Å². The highest BCUT2D eigenvalue weighted by atomic mass is 16.6. The van der Waals surface area contributed by atoms with Gasteiger partial charge < -0.3 is 67.3 Å². The van der Waals surface area contributed by atoms with Gasteiger partial charge in [0.2, 0.25) is 0 Å². The molecule has 143 heavy (non-hydrogen) atoms. The first kappa shape index (κ1) is 103. The number of para-hydroxylation sites is 1. The fourth-order valence-corrected chi connectivity index (χ4v) is 17.3. The van der Waals surface area contributed by atoms with Gasteiger partial charge in [-0.25, -0.2) is 29.0 Å². The SMILES string of the molecule is CN(C)C(=O)c1ccc(C2CCCN(C(=O)OCc3ccccc3)C2)nc1.COC=Nc1ccc(C2CCCN(C(=O)OCc3ccccc3)C2)nc1.Cc1ccc(C2CCCN(C(=O)OCc3ccccc3)C2)nc1.O=C(Cc1ccccc1)Oc1ccc(-c2ccc(C3CCCN(C(=O)OCc4ccccc4)C3)nc2)cc1.O=C(OCc1ccccc1)N1CCCC(c2ccc(Oc3ccccc3)cn2)C1. The number of aryl methyl sites for hydroxylation is 1. The van der Waals surface area contributed by atoms with Crippen LogP contribution in [0.25, 0.3) is 11.1 Å². The molecule has 0 bridgehead atoms. The molecular formula is C116H124N12O15. The van der Waals surface area contributed by atoms with E-state index in [1.807, 2.05) is 286 Å². The second-order valence-corrected chi connectivity index (χ2v) is 35.9. The number of nitrogens with zero attached hydrogens (tertiary/aromatic N) is 12. The second kappa shape index (κ2) is 54.6. The van der Waals surface area contributed by atoms with Crippen molar-refractivity contribution in [1.29, 1.82) is 0 Å². The smallest absolute Gasteiger partial charge is 0.410 e. The number of likely N-dealkylation sites (tertiary alicyclic amines) is 5. The molecule has 5 aromatic heterocycles. The maximum absolute atomic E-state index is 12.6. The Bertz CT molecular complexity index is 6120. The first-order chi connectivity index (χ1) is 69.9. The number of aromatic nitrogens is 5. The van der Waals surface area contributed by atoms with Gasteiger partial charge in [-0.2, -0.15) is 0 Å². The van der Waals surface area contributed by atoms with Gasteiger partial charge in [-0.3, -0.25) is 34.5 Å². The minimum absolute atomic E-state index is 0.0659. The molecule has 0 saturated carbocycles. The molecule has 6 amide bonds. The molecule has 8 aromatic carbocycles. The normalized spacial score (nSPS) is 16.4. The highest BCUT2D eigenvalue weighted by molar-refractivity contribution is 5.93. The van der Waals surface area contributed by atoms with E-state index in [1.165, 1.54) is 11.3 Å². The predicted octanol–water partition coefficient (Wildman–Crippen LogP) is 22.9. The molecule has 0 radical (unpaired) electrons. The van der Waals surface area contributed by atoms with Crippen molar-refractivity contribution in [3.63, 3.8) is 0 Å². The van der Waals surface area contributed by atoms with E-state index >= 15 is 0 Å². The van der Waals surface area contributed by atoms with E-state index in [0.717, 1.165) is 174 Å². The zero-order valence-corrected chi connectivity index (χ0v) is 81.5. The number of pyridine rings is 5. The van der Waals surface area contributed by atoms with E-state index in [0.29, 0.717) is 88.6 Å². The van der Waals surface area contributed by atoms with Crippen LogP contribution in [0.15, 0.2) is 333 Å². The van der Waals surface area contributed by atoms with Crippen LogP contribution in [0, 0.1) is 6.92 Å². The van der Waals surface area contributed by atoms with Gasteiger partial charge in [0.1, 0.15) is 50.3 Å². The van der Waals surface area contributed by atoms with Gasteiger partial charge in [0.05, 0.1) is 37.2 Å². The number of hydrogen-bond donors (Lipinski definition) is 0. The van der Waals surface area contributed by atoms with Crippen LogP contribution in [0.2, 0.25) is 0 Å². The lowest BCUT2D eigenvalue weighted by atomic mass is 9.94. The Balaban J connectivity index is 0.000000143. The first-order valence-corrected chi connectivity index (χ1v) is 48.8. The molecular weight excluding hydrogens is 1800 g/mol. The number of rotatable bonds is 24. The molecule has 5 atom stereocenters. The largest absolute Gasteiger partial charge is 0.486 e. The Kier molecular flexibility index (Phi) is 39.3. The zero-order chi connectivity index (χ0) is 99.5. The monoisotopic (exact) mass is 1920 g/mol. The van der Waals surface area contributed by atoms with Crippen molar-refractivity contribution >= 4 is 54.4 Å². The lowest BCUT2D eigenvalue weighted by molar-refractivity contribution is -0.133. The standard InChI is InChI=1S/C32H30N2O4.C24H24N2O3.C21H25N3O3.C20H23N3O3.C19H22N2O2/c35-31(20-24-8-3-1-4-9-24)38-29-16-13-26(14-17-29)27-15-18-30(33-21-27)28-12-7-19-34(22-28)32(36)37-23-25-10-5-2-6-11-25;27-24(28-18-19-8-3-1-4-9-19)26-15-7-10-20(17-26)23-14-13-22(16-25-23)29-21-11-5-2-6-12-21;1-23(2)20(25)17-10-11-19(22-13-17)18-9-6-12-24(14-18)21(26)27-15-16-7-4-3-5-8-16;1-25-15-22-18-9-10-19(21-12-18)17-8-5-11-23(13-17)20(24)26-14-16-6-3-2-4-7-16;1-15-9-10-18(20-12-15)17-8-5-11-21(13-17)19(22)23-14-16-6-3-2-4-7-16/h1-6,8-11,13-18,21,28H,7,12,19-20,22-23H2;1-6,8-9,11-14,16,20H,7,10,15,17-18H2;3-5,7-8,10-11,13,18H,6,9,12,14-15H2,1-2H3;2-4,6-7,9-10,12,15,17H,5,8,11,13-14H2,1H3;2-4,6-7,9-10,12,17H,5,8,11,13-14H2,1H3. The van der Waals surface area contributed by atoms with Crippen LogP contribution in [0.5, 0.6) is 17.2 Å². The summed E-state index contributed by atoms with van der Waals surface area (Å²) < 4.78 is 43.4. The molecule has 5 fully saturated rings. The minimum atomic E-state index is -0.291. The second-order valence-electron chi connectivity index (χ2n) is 35.9. The third-order valence-electron chi connectivity index (χ3n) is 25.1. The molecule has 0 N–H and O–H groups in total. The van der Waals surface area contributed by atoms with E-state index in [-0.39, 0.29) is 85.6 Å². The molecule has 0 spiro atoms. The summed E-state index contributed by atoms with van der Waals surface area (Å²) in [5.74, 6) is 2.70. The van der Waals surface area contributed by atoms with Gasteiger partial charge in [-0.1, -0.05) is 224 Å². The molecule has 13 aromatic rings. The number of esters is 1. The molecule has 738 valence electrons. The topological polar surface area (TPSA) is 290 Å². The lowest BCUT2D eigenvalue weighted by Crippen LogP contribution is -2.39. The van der Waals surface area contributed by atoms with E-state index in [9.17, 15) is 33.6 Å². The Morgan fingerprint density at radius 3 is 0.958 bits per heavy atom. The van der Waals surface area contributed by atoms with Crippen molar-refractivity contribution in [2.24, 2.45) is 4.99 Å². The maximum Gasteiger partial charge on any atom is 0.410 e. The summed E-state index contributed by atoms with van der Waals surface area (Å²) in [7, 11) is 4.99. The number of methoxy groups -OCH3 is 1. The van der Waals surface area contributed by atoms with Crippen molar-refractivity contribution in [1.82, 2.24) is 54.3 Å². The van der Waals surface area contributed by atoms with Crippen molar-refractivity contribution < 1.29 is 71.5 Å². The molecule has 10 heterocycles. The highest BCUT2D eigenvalue weighted by Crippen LogP contribution is 2.35. The van der Waals surface area contributed by atoms with Gasteiger partial charge in [-0.15, -0.1) is 0 Å². The number of amides is 6. The van der Waals surface area contributed by atoms with Crippen LogP contribution < -0.4 is 9.47 Å². The molecule has 0 aliphatic carbocycles. The molecule has 5 aliphatic rings. The summed E-state index contributed by atoms with van der Waals surface area (Å²) >= 11 is 0. The minimum Gasteiger partial charge on any atom is -0.486 e. The average molecular weight is 1930 g/mol. The zero-order valence-electron chi connectivity index (χ0n) is 81.5. The molecule has 27 nitrogen and oxygen atoms in total. The van der Waals surface area contributed by atoms with Gasteiger partial charge >= 0.3 is 36.4 Å². The maximum atomic E-state index is 12.6. The lowest BCUT2D eigenvalue weighted by Gasteiger charge is -2.31. The van der Waals surface area contributed by atoms with Crippen LogP contribution in [-0.2, 0) is 72.7 Å². The molecule has 27 heteroatoms. The number of carbonyl (C=O) groups is 7. The highest BCUT2D eigenvalue weighted by Gasteiger charge is 2.33. The Labute approximate surface area is 836 Å². The molecule has 5 unspecified atom stereocenters. The predicted molar refractivity (Wildman–Crippen MR) is 548 cm³/mol. The summed E-state index contributed by atoms with van der Waals surface area (Å²) in [5, 5.41) is 0. The third-order valence-corrected chi connectivity index (χ3v) is 25.1. The number of hydrogen-bond acceptors (Lipinski definition) is 21.